The van der Waals surface area contributed by atoms with E-state index in [2.05, 4.69) is 10.6 Å². The predicted molar refractivity (Wildman–Crippen MR) is 102 cm³/mol. The Kier molecular flexibility index (Phi) is 7.01. The molecule has 1 aliphatic carbocycles. The van der Waals surface area contributed by atoms with Crippen LogP contribution in [0.25, 0.3) is 0 Å². The van der Waals surface area contributed by atoms with Crippen molar-refractivity contribution in [1.82, 2.24) is 10.6 Å². The second-order valence-electron chi connectivity index (χ2n) is 6.85. The number of benzene rings is 1. The van der Waals surface area contributed by atoms with Crippen LogP contribution in [0.15, 0.2) is 12.1 Å². The fraction of sp³-hybridized carbons (Fsp3) is 0.632. The van der Waals surface area contributed by atoms with Crippen LogP contribution in [0, 0.1) is 11.3 Å². The van der Waals surface area contributed by atoms with Crippen LogP contribution in [0.2, 0.25) is 0 Å². The first-order valence-corrected chi connectivity index (χ1v) is 8.99. The molecule has 0 radical (unpaired) electrons. The van der Waals surface area contributed by atoms with Gasteiger partial charge in [-0.2, -0.15) is 0 Å². The molecule has 1 aromatic rings. The van der Waals surface area contributed by atoms with Gasteiger partial charge in [0.25, 0.3) is 0 Å². The van der Waals surface area contributed by atoms with Crippen LogP contribution in [0.4, 0.5) is 0 Å². The maximum atomic E-state index is 12.5. The van der Waals surface area contributed by atoms with Gasteiger partial charge < -0.3 is 24.8 Å². The van der Waals surface area contributed by atoms with Gasteiger partial charge in [-0.25, -0.2) is 0 Å². The summed E-state index contributed by atoms with van der Waals surface area (Å²) in [5.41, 5.74) is 1.19. The van der Waals surface area contributed by atoms with Crippen LogP contribution < -0.4 is 24.8 Å². The number of nitrogens with one attached hydrogen (secondary N) is 2. The number of hydrogen-bond donors (Lipinski definition) is 2. The van der Waals surface area contributed by atoms with Gasteiger partial charge >= 0.3 is 0 Å². The van der Waals surface area contributed by atoms with Crippen molar-refractivity contribution in [2.24, 2.45) is 11.3 Å². The molecule has 2 N–H and O–H groups in total. The highest BCUT2D eigenvalue weighted by atomic mass is 35.5. The molecule has 1 amide bonds. The number of carbonyl (C=O) groups is 1. The summed E-state index contributed by atoms with van der Waals surface area (Å²) >= 11 is 0. The van der Waals surface area contributed by atoms with Crippen LogP contribution in [-0.4, -0.2) is 39.8 Å². The number of methoxy groups -OCH3 is 2. The van der Waals surface area contributed by atoms with Gasteiger partial charge in [-0.05, 0) is 62.4 Å². The fourth-order valence-corrected chi connectivity index (χ4v) is 3.83. The average molecular weight is 385 g/mol. The van der Waals surface area contributed by atoms with E-state index in [4.69, 9.17) is 14.2 Å². The Bertz CT molecular complexity index is 607. The van der Waals surface area contributed by atoms with E-state index in [0.717, 1.165) is 37.9 Å². The van der Waals surface area contributed by atoms with E-state index in [1.807, 2.05) is 19.1 Å². The fourth-order valence-electron chi connectivity index (χ4n) is 3.83. The number of amides is 1. The molecule has 0 aromatic heterocycles. The van der Waals surface area contributed by atoms with E-state index in [-0.39, 0.29) is 29.6 Å². The predicted octanol–water partition coefficient (Wildman–Crippen LogP) is 2.53. The zero-order valence-corrected chi connectivity index (χ0v) is 16.5. The molecule has 1 atom stereocenters. The topological polar surface area (TPSA) is 68.8 Å². The van der Waals surface area contributed by atoms with Crippen molar-refractivity contribution in [2.45, 2.75) is 32.7 Å². The van der Waals surface area contributed by atoms with Gasteiger partial charge in [0.2, 0.25) is 11.7 Å². The molecule has 2 aliphatic rings. The molecular weight excluding hydrogens is 356 g/mol. The lowest BCUT2D eigenvalue weighted by atomic mass is 9.92. The monoisotopic (exact) mass is 384 g/mol. The maximum absolute atomic E-state index is 12.5. The highest BCUT2D eigenvalue weighted by Gasteiger charge is 2.57. The molecule has 3 rings (SSSR count). The highest BCUT2D eigenvalue weighted by molar-refractivity contribution is 5.85. The smallest absolute Gasteiger partial charge is 0.223 e. The molecule has 1 aliphatic heterocycles. The Morgan fingerprint density at radius 1 is 1.23 bits per heavy atom. The van der Waals surface area contributed by atoms with Gasteiger partial charge in [0.15, 0.2) is 11.5 Å². The zero-order chi connectivity index (χ0) is 17.9. The molecule has 6 nitrogen and oxygen atoms in total. The van der Waals surface area contributed by atoms with Crippen molar-refractivity contribution < 1.29 is 19.0 Å². The quantitative estimate of drug-likeness (QED) is 0.756. The molecular formula is C19H29ClN2O4. The van der Waals surface area contributed by atoms with Crippen molar-refractivity contribution in [1.29, 1.82) is 0 Å². The van der Waals surface area contributed by atoms with Crippen molar-refractivity contribution in [3.63, 3.8) is 0 Å². The van der Waals surface area contributed by atoms with E-state index < -0.39 is 0 Å². The first-order chi connectivity index (χ1) is 12.1. The third-order valence-electron chi connectivity index (χ3n) is 5.38. The Morgan fingerprint density at radius 2 is 1.85 bits per heavy atom. The van der Waals surface area contributed by atoms with E-state index >= 15 is 0 Å². The summed E-state index contributed by atoms with van der Waals surface area (Å²) in [5.74, 6) is 2.16. The second kappa shape index (κ2) is 8.82. The van der Waals surface area contributed by atoms with Crippen molar-refractivity contribution in [3.8, 4) is 17.2 Å². The summed E-state index contributed by atoms with van der Waals surface area (Å²) < 4.78 is 16.4. The zero-order valence-electron chi connectivity index (χ0n) is 15.7. The van der Waals surface area contributed by atoms with Crippen LogP contribution in [0.5, 0.6) is 17.2 Å². The molecule has 2 fully saturated rings. The van der Waals surface area contributed by atoms with Crippen LogP contribution in [0.3, 0.4) is 0 Å². The lowest BCUT2D eigenvalue weighted by Crippen LogP contribution is -2.33. The van der Waals surface area contributed by atoms with Gasteiger partial charge in [-0.15, -0.1) is 12.4 Å². The van der Waals surface area contributed by atoms with Crippen LogP contribution >= 0.6 is 12.4 Å². The van der Waals surface area contributed by atoms with Crippen LogP contribution in [-0.2, 0) is 11.3 Å². The van der Waals surface area contributed by atoms with Crippen molar-refractivity contribution in [2.75, 3.05) is 33.9 Å². The lowest BCUT2D eigenvalue weighted by molar-refractivity contribution is -0.123. The molecule has 1 unspecified atom stereocenters. The summed E-state index contributed by atoms with van der Waals surface area (Å²) in [7, 11) is 3.20. The Morgan fingerprint density at radius 3 is 2.38 bits per heavy atom. The molecule has 0 bridgehead atoms. The summed E-state index contributed by atoms with van der Waals surface area (Å²) in [6.45, 7) is 4.96. The third-order valence-corrected chi connectivity index (χ3v) is 5.38. The second-order valence-corrected chi connectivity index (χ2v) is 6.85. The Balaban J connectivity index is 0.00000243. The van der Waals surface area contributed by atoms with E-state index in [9.17, 15) is 4.79 Å². The molecule has 1 saturated heterocycles. The molecule has 26 heavy (non-hydrogen) atoms. The minimum atomic E-state index is 0. The molecule has 146 valence electrons. The number of hydrogen-bond acceptors (Lipinski definition) is 5. The molecule has 1 aromatic carbocycles. The normalized spacial score (nSPS) is 20.0. The first-order valence-electron chi connectivity index (χ1n) is 8.99. The number of piperidine rings is 1. The van der Waals surface area contributed by atoms with E-state index in [0.29, 0.717) is 30.4 Å². The molecule has 1 heterocycles. The van der Waals surface area contributed by atoms with Gasteiger partial charge in [0, 0.05) is 12.5 Å². The summed E-state index contributed by atoms with van der Waals surface area (Å²) in [6.07, 6.45) is 3.24. The lowest BCUT2D eigenvalue weighted by Gasteiger charge is -2.23. The standard InChI is InChI=1S/C19H28N2O4.ClH/c1-4-25-17-15(23-2)9-13(10-16(17)24-3)12-21-18(22)14-11-19(14)5-7-20-8-6-19;/h9-10,14,20H,4-8,11-12H2,1-3H3,(H,21,22);1H. The number of carbonyl (C=O) groups excluding carboxylic acids is 1. The van der Waals surface area contributed by atoms with Gasteiger partial charge in [0.05, 0.1) is 20.8 Å². The maximum Gasteiger partial charge on any atom is 0.223 e. The van der Waals surface area contributed by atoms with Gasteiger partial charge in [-0.3, -0.25) is 4.79 Å². The minimum absolute atomic E-state index is 0. The average Bonchev–Trinajstić information content (AvgIpc) is 3.33. The van der Waals surface area contributed by atoms with Crippen molar-refractivity contribution in [3.05, 3.63) is 17.7 Å². The summed E-state index contributed by atoms with van der Waals surface area (Å²) in [5, 5.41) is 6.44. The van der Waals surface area contributed by atoms with E-state index in [1.54, 1.807) is 14.2 Å². The van der Waals surface area contributed by atoms with Gasteiger partial charge in [-0.1, -0.05) is 0 Å². The minimum Gasteiger partial charge on any atom is -0.493 e. The van der Waals surface area contributed by atoms with Gasteiger partial charge in [0.1, 0.15) is 0 Å². The summed E-state index contributed by atoms with van der Waals surface area (Å²) in [4.78, 5) is 12.5. The SMILES string of the molecule is CCOc1c(OC)cc(CNC(=O)C2CC23CCNCC3)cc1OC.Cl. The summed E-state index contributed by atoms with van der Waals surface area (Å²) in [6, 6.07) is 3.78. The molecule has 7 heteroatoms. The number of ether oxygens (including phenoxy) is 3. The number of halogens is 1. The third kappa shape index (κ3) is 4.18. The highest BCUT2D eigenvalue weighted by Crippen LogP contribution is 2.58. The van der Waals surface area contributed by atoms with Crippen LogP contribution in [0.1, 0.15) is 31.7 Å². The molecule has 1 saturated carbocycles. The molecule has 1 spiro atoms. The number of rotatable bonds is 7. The van der Waals surface area contributed by atoms with E-state index in [1.165, 1.54) is 0 Å². The largest absolute Gasteiger partial charge is 0.493 e. The first kappa shape index (κ1) is 20.6. The van der Waals surface area contributed by atoms with Crippen molar-refractivity contribution >= 4 is 18.3 Å². The Hall–Kier alpha value is -1.66. The Labute approximate surface area is 161 Å².